The standard InChI is InChI=1S/C15H28N2O2/c1-3-9-16-15(14(18)19,13-7-8-13)11-17-10-5-4-6-12(17)2/h12-13,16H,3-11H2,1-2H3,(H,18,19). The maximum atomic E-state index is 11.9. The zero-order valence-corrected chi connectivity index (χ0v) is 12.3. The van der Waals surface area contributed by atoms with E-state index in [1.807, 2.05) is 0 Å². The van der Waals surface area contributed by atoms with E-state index in [-0.39, 0.29) is 0 Å². The quantitative estimate of drug-likeness (QED) is 0.742. The smallest absolute Gasteiger partial charge is 0.325 e. The van der Waals surface area contributed by atoms with Crippen LogP contribution in [0, 0.1) is 5.92 Å². The van der Waals surface area contributed by atoms with Crippen LogP contribution in [-0.2, 0) is 4.79 Å². The summed E-state index contributed by atoms with van der Waals surface area (Å²) in [7, 11) is 0. The largest absolute Gasteiger partial charge is 0.480 e. The lowest BCUT2D eigenvalue weighted by Gasteiger charge is -2.41. The molecular formula is C15H28N2O2. The molecule has 0 aromatic rings. The van der Waals surface area contributed by atoms with E-state index in [9.17, 15) is 9.90 Å². The lowest BCUT2D eigenvalue weighted by molar-refractivity contribution is -0.147. The molecule has 0 aromatic heterocycles. The molecule has 1 aliphatic carbocycles. The average molecular weight is 268 g/mol. The summed E-state index contributed by atoms with van der Waals surface area (Å²) in [5.74, 6) is -0.327. The van der Waals surface area contributed by atoms with Gasteiger partial charge in [-0.25, -0.2) is 0 Å². The maximum Gasteiger partial charge on any atom is 0.325 e. The van der Waals surface area contributed by atoms with Crippen LogP contribution in [0.4, 0.5) is 0 Å². The Hall–Kier alpha value is -0.610. The molecule has 0 amide bonds. The summed E-state index contributed by atoms with van der Waals surface area (Å²) in [5.41, 5.74) is -0.707. The van der Waals surface area contributed by atoms with Gasteiger partial charge in [-0.1, -0.05) is 13.3 Å². The van der Waals surface area contributed by atoms with E-state index in [1.54, 1.807) is 0 Å². The number of hydrogen-bond donors (Lipinski definition) is 2. The van der Waals surface area contributed by atoms with E-state index in [4.69, 9.17) is 0 Å². The number of aliphatic carboxylic acids is 1. The zero-order valence-electron chi connectivity index (χ0n) is 12.3. The Balaban J connectivity index is 2.09. The van der Waals surface area contributed by atoms with Gasteiger partial charge in [0.25, 0.3) is 0 Å². The minimum absolute atomic E-state index is 0.325. The summed E-state index contributed by atoms with van der Waals surface area (Å²) in [6, 6.07) is 0.523. The normalized spacial score (nSPS) is 28.0. The molecule has 1 saturated carbocycles. The maximum absolute atomic E-state index is 11.9. The first-order chi connectivity index (χ1) is 9.10. The molecule has 1 aliphatic heterocycles. The second kappa shape index (κ2) is 6.23. The van der Waals surface area contributed by atoms with Gasteiger partial charge >= 0.3 is 5.97 Å². The second-order valence-corrected chi connectivity index (χ2v) is 6.29. The van der Waals surface area contributed by atoms with Crippen molar-refractivity contribution in [3.8, 4) is 0 Å². The molecule has 0 radical (unpaired) electrons. The minimum Gasteiger partial charge on any atom is -0.480 e. The van der Waals surface area contributed by atoms with Gasteiger partial charge < -0.3 is 10.4 Å². The third-order valence-corrected chi connectivity index (χ3v) is 4.74. The van der Waals surface area contributed by atoms with Gasteiger partial charge in [0.05, 0.1) is 0 Å². The highest BCUT2D eigenvalue weighted by Gasteiger charge is 2.52. The van der Waals surface area contributed by atoms with E-state index in [2.05, 4.69) is 24.1 Å². The first-order valence-electron chi connectivity index (χ1n) is 7.82. The topological polar surface area (TPSA) is 52.6 Å². The predicted molar refractivity (Wildman–Crippen MR) is 76.3 cm³/mol. The van der Waals surface area contributed by atoms with Crippen LogP contribution < -0.4 is 5.32 Å². The van der Waals surface area contributed by atoms with Gasteiger partial charge in [-0.05, 0) is 58.0 Å². The molecule has 2 aliphatic rings. The first kappa shape index (κ1) is 14.8. The molecule has 1 saturated heterocycles. The number of rotatable bonds is 7. The van der Waals surface area contributed by atoms with Crippen LogP contribution in [-0.4, -0.2) is 47.2 Å². The van der Waals surface area contributed by atoms with Crippen molar-refractivity contribution in [3.05, 3.63) is 0 Å². The van der Waals surface area contributed by atoms with Gasteiger partial charge in [-0.3, -0.25) is 9.69 Å². The van der Waals surface area contributed by atoms with E-state index in [0.29, 0.717) is 18.5 Å². The van der Waals surface area contributed by atoms with Crippen molar-refractivity contribution in [1.82, 2.24) is 10.2 Å². The summed E-state index contributed by atoms with van der Waals surface area (Å²) in [6.45, 7) is 6.85. The fourth-order valence-electron chi connectivity index (χ4n) is 3.28. The Labute approximate surface area is 116 Å². The van der Waals surface area contributed by atoms with Crippen molar-refractivity contribution in [3.63, 3.8) is 0 Å². The number of nitrogens with zero attached hydrogens (tertiary/aromatic N) is 1. The molecule has 2 rings (SSSR count). The summed E-state index contributed by atoms with van der Waals surface area (Å²) in [5, 5.41) is 13.2. The highest BCUT2D eigenvalue weighted by Crippen LogP contribution is 2.41. The molecule has 2 unspecified atom stereocenters. The van der Waals surface area contributed by atoms with Gasteiger partial charge in [0.15, 0.2) is 0 Å². The lowest BCUT2D eigenvalue weighted by Crippen LogP contribution is -2.62. The van der Waals surface area contributed by atoms with Crippen molar-refractivity contribution in [2.45, 2.75) is 64.0 Å². The zero-order chi connectivity index (χ0) is 13.9. The third kappa shape index (κ3) is 3.29. The Bertz CT molecular complexity index is 317. The molecule has 2 atom stereocenters. The average Bonchev–Trinajstić information content (AvgIpc) is 3.21. The van der Waals surface area contributed by atoms with Crippen LogP contribution >= 0.6 is 0 Å². The Morgan fingerprint density at radius 1 is 1.37 bits per heavy atom. The summed E-state index contributed by atoms with van der Waals surface area (Å²) < 4.78 is 0. The SMILES string of the molecule is CCCNC(CN1CCCCC1C)(C(=O)O)C1CC1. The van der Waals surface area contributed by atoms with E-state index < -0.39 is 11.5 Å². The number of nitrogens with one attached hydrogen (secondary N) is 1. The van der Waals surface area contributed by atoms with Crippen molar-refractivity contribution in [1.29, 1.82) is 0 Å². The summed E-state index contributed by atoms with van der Waals surface area (Å²) in [4.78, 5) is 14.3. The molecule has 4 nitrogen and oxygen atoms in total. The van der Waals surface area contributed by atoms with E-state index in [1.165, 1.54) is 19.3 Å². The number of carbonyl (C=O) groups is 1. The summed E-state index contributed by atoms with van der Waals surface area (Å²) >= 11 is 0. The molecule has 4 heteroatoms. The van der Waals surface area contributed by atoms with Crippen LogP contribution in [0.2, 0.25) is 0 Å². The van der Waals surface area contributed by atoms with Crippen LogP contribution in [0.15, 0.2) is 0 Å². The monoisotopic (exact) mass is 268 g/mol. The molecule has 1 heterocycles. The predicted octanol–water partition coefficient (Wildman–Crippen LogP) is 2.09. The molecule has 2 fully saturated rings. The van der Waals surface area contributed by atoms with E-state index in [0.717, 1.165) is 32.4 Å². The van der Waals surface area contributed by atoms with Gasteiger partial charge in [-0.2, -0.15) is 0 Å². The van der Waals surface area contributed by atoms with E-state index >= 15 is 0 Å². The highest BCUT2D eigenvalue weighted by atomic mass is 16.4. The number of piperidine rings is 1. The number of carboxylic acids is 1. The molecule has 0 spiro atoms. The molecule has 19 heavy (non-hydrogen) atoms. The number of likely N-dealkylation sites (tertiary alicyclic amines) is 1. The molecule has 0 bridgehead atoms. The molecule has 0 aromatic carbocycles. The van der Waals surface area contributed by atoms with Crippen molar-refractivity contribution < 1.29 is 9.90 Å². The fraction of sp³-hybridized carbons (Fsp3) is 0.933. The molecule has 2 N–H and O–H groups in total. The van der Waals surface area contributed by atoms with Crippen molar-refractivity contribution in [2.24, 2.45) is 5.92 Å². The fourth-order valence-corrected chi connectivity index (χ4v) is 3.28. The Morgan fingerprint density at radius 2 is 2.11 bits per heavy atom. The van der Waals surface area contributed by atoms with Crippen molar-refractivity contribution in [2.75, 3.05) is 19.6 Å². The minimum atomic E-state index is -0.707. The van der Waals surface area contributed by atoms with Crippen LogP contribution in [0.5, 0.6) is 0 Å². The van der Waals surface area contributed by atoms with Gasteiger partial charge in [0.2, 0.25) is 0 Å². The molecule has 110 valence electrons. The lowest BCUT2D eigenvalue weighted by atomic mass is 9.90. The molecular weight excluding hydrogens is 240 g/mol. The number of carboxylic acid groups (broad SMARTS) is 1. The van der Waals surface area contributed by atoms with Crippen LogP contribution in [0.1, 0.15) is 52.4 Å². The van der Waals surface area contributed by atoms with Crippen LogP contribution in [0.25, 0.3) is 0 Å². The van der Waals surface area contributed by atoms with Crippen molar-refractivity contribution >= 4 is 5.97 Å². The van der Waals surface area contributed by atoms with Gasteiger partial charge in [-0.15, -0.1) is 0 Å². The Morgan fingerprint density at radius 3 is 2.63 bits per heavy atom. The third-order valence-electron chi connectivity index (χ3n) is 4.74. The first-order valence-corrected chi connectivity index (χ1v) is 7.82. The van der Waals surface area contributed by atoms with Crippen LogP contribution in [0.3, 0.4) is 0 Å². The van der Waals surface area contributed by atoms with Gasteiger partial charge in [0, 0.05) is 12.6 Å². The Kier molecular flexibility index (Phi) is 4.85. The number of hydrogen-bond acceptors (Lipinski definition) is 3. The highest BCUT2D eigenvalue weighted by molar-refractivity contribution is 5.80. The summed E-state index contributed by atoms with van der Waals surface area (Å²) in [6.07, 6.45) is 6.80. The second-order valence-electron chi connectivity index (χ2n) is 6.29. The van der Waals surface area contributed by atoms with Gasteiger partial charge in [0.1, 0.15) is 5.54 Å².